The number of ether oxygens (including phenoxy) is 2. The van der Waals surface area contributed by atoms with Crippen LogP contribution in [0.25, 0.3) is 0 Å². The van der Waals surface area contributed by atoms with Gasteiger partial charge in [0.25, 0.3) is 10.0 Å². The fraction of sp³-hybridized carbons (Fsp3) is 0.200. The predicted octanol–water partition coefficient (Wildman–Crippen LogP) is 3.09. The van der Waals surface area contributed by atoms with Gasteiger partial charge in [0, 0.05) is 11.6 Å². The van der Waals surface area contributed by atoms with Crippen LogP contribution in [0.4, 0.5) is 14.5 Å². The van der Waals surface area contributed by atoms with Gasteiger partial charge in [-0.15, -0.1) is 0 Å². The maximum absolute atomic E-state index is 13.2. The Morgan fingerprint density at radius 2 is 1.70 bits per heavy atom. The van der Waals surface area contributed by atoms with Gasteiger partial charge >= 0.3 is 0 Å². The summed E-state index contributed by atoms with van der Waals surface area (Å²) in [5.41, 5.74) is 0.405. The molecule has 0 saturated heterocycles. The predicted molar refractivity (Wildman–Crippen MR) is 81.4 cm³/mol. The summed E-state index contributed by atoms with van der Waals surface area (Å²) in [5, 5.41) is 0. The van der Waals surface area contributed by atoms with Crippen LogP contribution in [0.1, 0.15) is 5.56 Å². The highest BCUT2D eigenvalue weighted by atomic mass is 32.2. The van der Waals surface area contributed by atoms with Crippen molar-refractivity contribution < 1.29 is 26.7 Å². The highest BCUT2D eigenvalue weighted by Gasteiger charge is 2.23. The van der Waals surface area contributed by atoms with E-state index in [1.165, 1.54) is 26.4 Å². The minimum absolute atomic E-state index is 0.0978. The van der Waals surface area contributed by atoms with E-state index in [9.17, 15) is 17.2 Å². The van der Waals surface area contributed by atoms with E-state index < -0.39 is 21.7 Å². The van der Waals surface area contributed by atoms with E-state index in [0.717, 1.165) is 18.2 Å². The average molecular weight is 343 g/mol. The fourth-order valence-corrected chi connectivity index (χ4v) is 3.38. The van der Waals surface area contributed by atoms with Crippen LogP contribution in [0.15, 0.2) is 35.2 Å². The molecule has 0 bridgehead atoms. The molecule has 0 heterocycles. The smallest absolute Gasteiger partial charge is 0.265 e. The first-order chi connectivity index (χ1) is 10.8. The number of halogens is 2. The summed E-state index contributed by atoms with van der Waals surface area (Å²) in [6.07, 6.45) is 0. The fourth-order valence-electron chi connectivity index (χ4n) is 2.10. The number of nitrogens with one attached hydrogen (secondary N) is 1. The summed E-state index contributed by atoms with van der Waals surface area (Å²) in [6.45, 7) is 1.65. The minimum atomic E-state index is -4.05. The van der Waals surface area contributed by atoms with Crippen molar-refractivity contribution in [3.63, 3.8) is 0 Å². The lowest BCUT2D eigenvalue weighted by Crippen LogP contribution is -2.15. The molecule has 2 rings (SSSR count). The monoisotopic (exact) mass is 343 g/mol. The maximum atomic E-state index is 13.2. The molecule has 5 nitrogen and oxygen atoms in total. The van der Waals surface area contributed by atoms with Gasteiger partial charge in [0.15, 0.2) is 11.6 Å². The van der Waals surface area contributed by atoms with E-state index in [1.807, 2.05) is 0 Å². The highest BCUT2D eigenvalue weighted by molar-refractivity contribution is 7.92. The molecule has 8 heteroatoms. The molecule has 0 aromatic heterocycles. The van der Waals surface area contributed by atoms with Gasteiger partial charge in [-0.2, -0.15) is 0 Å². The molecule has 0 atom stereocenters. The molecule has 124 valence electrons. The van der Waals surface area contributed by atoms with Crippen molar-refractivity contribution in [3.8, 4) is 11.5 Å². The summed E-state index contributed by atoms with van der Waals surface area (Å²) in [7, 11) is -1.27. The van der Waals surface area contributed by atoms with Crippen LogP contribution >= 0.6 is 0 Å². The van der Waals surface area contributed by atoms with Gasteiger partial charge in [-0.25, -0.2) is 17.2 Å². The van der Waals surface area contributed by atoms with Crippen molar-refractivity contribution >= 4 is 15.7 Å². The first-order valence-electron chi connectivity index (χ1n) is 6.49. The second-order valence-corrected chi connectivity index (χ2v) is 6.31. The Balaban J connectivity index is 2.47. The van der Waals surface area contributed by atoms with Crippen LogP contribution in [0.2, 0.25) is 0 Å². The van der Waals surface area contributed by atoms with Crippen molar-refractivity contribution in [3.05, 3.63) is 47.5 Å². The Morgan fingerprint density at radius 3 is 2.26 bits per heavy atom. The SMILES string of the molecule is COc1ccc(S(=O)(=O)Nc2ccc(F)c(F)c2)c(OC)c1C. The number of benzene rings is 2. The standard InChI is InChI=1S/C15H15F2NO4S/c1-9-13(21-2)6-7-14(15(9)22-3)23(19,20)18-10-4-5-11(16)12(17)8-10/h4-8,18H,1-3H3. The van der Waals surface area contributed by atoms with E-state index in [2.05, 4.69) is 4.72 Å². The van der Waals surface area contributed by atoms with Crippen LogP contribution in [0.5, 0.6) is 11.5 Å². The lowest BCUT2D eigenvalue weighted by atomic mass is 10.2. The lowest BCUT2D eigenvalue weighted by Gasteiger charge is -2.15. The Kier molecular flexibility index (Phi) is 4.74. The van der Waals surface area contributed by atoms with E-state index in [0.29, 0.717) is 11.3 Å². The molecule has 2 aromatic carbocycles. The molecule has 0 unspecified atom stereocenters. The van der Waals surface area contributed by atoms with E-state index in [4.69, 9.17) is 9.47 Å². The molecule has 1 N–H and O–H groups in total. The van der Waals surface area contributed by atoms with E-state index in [1.54, 1.807) is 6.92 Å². The zero-order chi connectivity index (χ0) is 17.2. The summed E-state index contributed by atoms with van der Waals surface area (Å²) >= 11 is 0. The Labute approximate surface area is 132 Å². The summed E-state index contributed by atoms with van der Waals surface area (Å²) in [5.74, 6) is -1.64. The molecule has 0 aliphatic carbocycles. The third-order valence-electron chi connectivity index (χ3n) is 3.21. The van der Waals surface area contributed by atoms with E-state index >= 15 is 0 Å². The second kappa shape index (κ2) is 6.41. The lowest BCUT2D eigenvalue weighted by molar-refractivity contribution is 0.380. The zero-order valence-electron chi connectivity index (χ0n) is 12.7. The Hall–Kier alpha value is -2.35. The van der Waals surface area contributed by atoms with E-state index in [-0.39, 0.29) is 16.3 Å². The number of hydrogen-bond acceptors (Lipinski definition) is 4. The summed E-state index contributed by atoms with van der Waals surface area (Å²) in [4.78, 5) is -0.136. The van der Waals surface area contributed by atoms with Gasteiger partial charge < -0.3 is 9.47 Å². The molecule has 0 radical (unpaired) electrons. The van der Waals surface area contributed by atoms with Gasteiger partial charge in [-0.1, -0.05) is 0 Å². The highest BCUT2D eigenvalue weighted by Crippen LogP contribution is 2.34. The van der Waals surface area contributed by atoms with Gasteiger partial charge in [0.05, 0.1) is 19.9 Å². The normalized spacial score (nSPS) is 11.2. The van der Waals surface area contributed by atoms with Crippen LogP contribution in [-0.2, 0) is 10.0 Å². The molecule has 0 fully saturated rings. The molecule has 0 aliphatic rings. The van der Waals surface area contributed by atoms with Crippen LogP contribution in [0, 0.1) is 18.6 Å². The first kappa shape index (κ1) is 17.0. The molecule has 23 heavy (non-hydrogen) atoms. The molecular weight excluding hydrogens is 328 g/mol. The van der Waals surface area contributed by atoms with Crippen LogP contribution < -0.4 is 14.2 Å². The second-order valence-electron chi connectivity index (χ2n) is 4.66. The van der Waals surface area contributed by atoms with Crippen LogP contribution in [-0.4, -0.2) is 22.6 Å². The van der Waals surface area contributed by atoms with Crippen molar-refractivity contribution in [2.45, 2.75) is 11.8 Å². The number of hydrogen-bond donors (Lipinski definition) is 1. The molecule has 0 amide bonds. The molecular formula is C15H15F2NO4S. The Bertz CT molecular complexity index is 838. The molecule has 0 saturated carbocycles. The summed E-state index contributed by atoms with van der Waals surface area (Å²) in [6, 6.07) is 5.52. The quantitative estimate of drug-likeness (QED) is 0.906. The third-order valence-corrected chi connectivity index (χ3v) is 4.61. The number of anilines is 1. The number of sulfonamides is 1. The summed E-state index contributed by atoms with van der Waals surface area (Å²) < 4.78 is 63.6. The van der Waals surface area contributed by atoms with Gasteiger partial charge in [0.2, 0.25) is 0 Å². The topological polar surface area (TPSA) is 64.6 Å². The molecule has 0 aliphatic heterocycles. The van der Waals surface area contributed by atoms with Gasteiger partial charge in [-0.3, -0.25) is 4.72 Å². The van der Waals surface area contributed by atoms with Crippen molar-refractivity contribution in [1.29, 1.82) is 0 Å². The van der Waals surface area contributed by atoms with Crippen molar-refractivity contribution in [1.82, 2.24) is 0 Å². The van der Waals surface area contributed by atoms with Crippen molar-refractivity contribution in [2.75, 3.05) is 18.9 Å². The third kappa shape index (κ3) is 3.37. The number of methoxy groups -OCH3 is 2. The van der Waals surface area contributed by atoms with Gasteiger partial charge in [0.1, 0.15) is 16.4 Å². The minimum Gasteiger partial charge on any atom is -0.496 e. The zero-order valence-corrected chi connectivity index (χ0v) is 13.5. The largest absolute Gasteiger partial charge is 0.496 e. The molecule has 0 spiro atoms. The van der Waals surface area contributed by atoms with Crippen LogP contribution in [0.3, 0.4) is 0 Å². The first-order valence-corrected chi connectivity index (χ1v) is 7.98. The average Bonchev–Trinajstić information content (AvgIpc) is 2.50. The Morgan fingerprint density at radius 1 is 1.00 bits per heavy atom. The molecule has 2 aromatic rings. The maximum Gasteiger partial charge on any atom is 0.265 e. The number of rotatable bonds is 5. The van der Waals surface area contributed by atoms with Crippen molar-refractivity contribution in [2.24, 2.45) is 0 Å². The van der Waals surface area contributed by atoms with Gasteiger partial charge in [-0.05, 0) is 31.2 Å².